The molecule has 0 radical (unpaired) electrons. The number of benzene rings is 2. The van der Waals surface area contributed by atoms with Crippen molar-refractivity contribution >= 4 is 12.1 Å². The van der Waals surface area contributed by atoms with Crippen LogP contribution in [0.2, 0.25) is 0 Å². The number of carbonyl (C=O) groups excluding carboxylic acids is 1. The highest BCUT2D eigenvalue weighted by Gasteiger charge is 2.28. The van der Waals surface area contributed by atoms with E-state index in [2.05, 4.69) is 46.5 Å². The molecule has 0 aliphatic heterocycles. The zero-order valence-corrected chi connectivity index (χ0v) is 17.2. The molecule has 7 nitrogen and oxygen atoms in total. The smallest absolute Gasteiger partial charge is 0.407 e. The maximum absolute atomic E-state index is 12.2. The number of carbonyl (C=O) groups is 2. The van der Waals surface area contributed by atoms with Crippen LogP contribution in [-0.2, 0) is 11.8 Å². The first-order valence-electron chi connectivity index (χ1n) is 9.82. The van der Waals surface area contributed by atoms with E-state index in [0.29, 0.717) is 11.3 Å². The average Bonchev–Trinajstić information content (AvgIpc) is 3.23. The van der Waals surface area contributed by atoms with Crippen LogP contribution in [0.5, 0.6) is 0 Å². The van der Waals surface area contributed by atoms with Crippen LogP contribution in [0.3, 0.4) is 0 Å². The SMILES string of the molecule is Cc1nn(C)c(C(=O)O)c1C#CCNC(=O)OCC1c2ccccc2-c2ccccc21. The number of aromatic nitrogens is 2. The summed E-state index contributed by atoms with van der Waals surface area (Å²) in [6, 6.07) is 16.3. The number of alkyl carbamates (subject to hydrolysis) is 1. The lowest BCUT2D eigenvalue weighted by Gasteiger charge is -2.14. The molecule has 0 unspecified atom stereocenters. The lowest BCUT2D eigenvalue weighted by Crippen LogP contribution is -2.26. The third-order valence-corrected chi connectivity index (χ3v) is 5.30. The Balaban J connectivity index is 1.38. The minimum atomic E-state index is -1.10. The fourth-order valence-electron chi connectivity index (χ4n) is 3.95. The van der Waals surface area contributed by atoms with E-state index in [1.54, 1.807) is 14.0 Å². The van der Waals surface area contributed by atoms with Crippen LogP contribution in [0.4, 0.5) is 4.79 Å². The van der Waals surface area contributed by atoms with Gasteiger partial charge in [0, 0.05) is 13.0 Å². The van der Waals surface area contributed by atoms with Gasteiger partial charge in [-0.3, -0.25) is 4.68 Å². The Kier molecular flexibility index (Phi) is 5.46. The number of aryl methyl sites for hydroxylation is 2. The van der Waals surface area contributed by atoms with E-state index >= 15 is 0 Å². The van der Waals surface area contributed by atoms with Gasteiger partial charge >= 0.3 is 12.1 Å². The number of carboxylic acids is 1. The molecule has 3 aromatic rings. The van der Waals surface area contributed by atoms with Gasteiger partial charge in [0.1, 0.15) is 6.61 Å². The topological polar surface area (TPSA) is 93.5 Å². The van der Waals surface area contributed by atoms with E-state index in [0.717, 1.165) is 11.1 Å². The molecule has 7 heteroatoms. The highest BCUT2D eigenvalue weighted by atomic mass is 16.5. The largest absolute Gasteiger partial charge is 0.476 e. The zero-order chi connectivity index (χ0) is 22.0. The number of nitrogens with zero attached hydrogens (tertiary/aromatic N) is 2. The number of aromatic carboxylic acids is 1. The molecule has 1 aliphatic rings. The minimum Gasteiger partial charge on any atom is -0.476 e. The van der Waals surface area contributed by atoms with Gasteiger partial charge in [-0.15, -0.1) is 0 Å². The molecule has 2 N–H and O–H groups in total. The summed E-state index contributed by atoms with van der Waals surface area (Å²) >= 11 is 0. The average molecular weight is 415 g/mol. The van der Waals surface area contributed by atoms with E-state index in [-0.39, 0.29) is 24.8 Å². The molecule has 0 saturated carbocycles. The Morgan fingerprint density at radius 3 is 2.35 bits per heavy atom. The monoisotopic (exact) mass is 415 g/mol. The summed E-state index contributed by atoms with van der Waals surface area (Å²) in [6.45, 7) is 1.94. The molecule has 1 aliphatic carbocycles. The van der Waals surface area contributed by atoms with Crippen molar-refractivity contribution in [2.24, 2.45) is 7.05 Å². The molecular weight excluding hydrogens is 394 g/mol. The summed E-state index contributed by atoms with van der Waals surface area (Å²) in [5, 5.41) is 16.0. The number of carboxylic acid groups (broad SMARTS) is 1. The highest BCUT2D eigenvalue weighted by Crippen LogP contribution is 2.44. The fourth-order valence-corrected chi connectivity index (χ4v) is 3.95. The highest BCUT2D eigenvalue weighted by molar-refractivity contribution is 5.89. The number of fused-ring (bicyclic) bond motifs is 3. The maximum atomic E-state index is 12.2. The number of rotatable bonds is 4. The molecule has 156 valence electrons. The van der Waals surface area contributed by atoms with E-state index in [4.69, 9.17) is 4.74 Å². The van der Waals surface area contributed by atoms with Gasteiger partial charge < -0.3 is 15.2 Å². The summed E-state index contributed by atoms with van der Waals surface area (Å²) in [7, 11) is 1.55. The maximum Gasteiger partial charge on any atom is 0.407 e. The van der Waals surface area contributed by atoms with Gasteiger partial charge in [-0.25, -0.2) is 9.59 Å². The van der Waals surface area contributed by atoms with E-state index in [1.807, 2.05) is 24.3 Å². The summed E-state index contributed by atoms with van der Waals surface area (Å²) < 4.78 is 6.73. The van der Waals surface area contributed by atoms with E-state index in [9.17, 15) is 14.7 Å². The quantitative estimate of drug-likeness (QED) is 0.638. The Labute approximate surface area is 179 Å². The predicted octanol–water partition coefficient (Wildman–Crippen LogP) is 3.32. The number of amides is 1. The minimum absolute atomic E-state index is 0.0135. The van der Waals surface area contributed by atoms with Crippen LogP contribution in [0.25, 0.3) is 11.1 Å². The fraction of sp³-hybridized carbons (Fsp3) is 0.208. The van der Waals surface area contributed by atoms with Gasteiger partial charge in [0.15, 0.2) is 5.69 Å². The Morgan fingerprint density at radius 2 is 1.74 bits per heavy atom. The van der Waals surface area contributed by atoms with Crippen molar-refractivity contribution in [3.05, 3.63) is 76.6 Å². The van der Waals surface area contributed by atoms with Crippen LogP contribution in [0.15, 0.2) is 48.5 Å². The Morgan fingerprint density at radius 1 is 1.13 bits per heavy atom. The first-order chi connectivity index (χ1) is 15.0. The van der Waals surface area contributed by atoms with Gasteiger partial charge in [-0.1, -0.05) is 60.4 Å². The lowest BCUT2D eigenvalue weighted by atomic mass is 9.98. The normalized spacial score (nSPS) is 11.8. The second kappa shape index (κ2) is 8.36. The first kappa shape index (κ1) is 20.2. The molecule has 2 aromatic carbocycles. The van der Waals surface area contributed by atoms with E-state index < -0.39 is 12.1 Å². The molecule has 31 heavy (non-hydrogen) atoms. The van der Waals surface area contributed by atoms with Crippen LogP contribution in [0, 0.1) is 18.8 Å². The molecule has 0 bridgehead atoms. The molecule has 0 spiro atoms. The molecule has 0 atom stereocenters. The predicted molar refractivity (Wildman–Crippen MR) is 115 cm³/mol. The van der Waals surface area contributed by atoms with Crippen molar-refractivity contribution in [1.29, 1.82) is 0 Å². The number of nitrogens with one attached hydrogen (secondary N) is 1. The summed E-state index contributed by atoms with van der Waals surface area (Å²) in [5.41, 5.74) is 5.50. The molecule has 1 aromatic heterocycles. The molecule has 4 rings (SSSR count). The molecule has 1 amide bonds. The van der Waals surface area contributed by atoms with Crippen molar-refractivity contribution in [3.8, 4) is 23.0 Å². The van der Waals surface area contributed by atoms with Crippen molar-refractivity contribution in [2.45, 2.75) is 12.8 Å². The number of hydrogen-bond acceptors (Lipinski definition) is 4. The van der Waals surface area contributed by atoms with Gasteiger partial charge in [0.25, 0.3) is 0 Å². The third-order valence-electron chi connectivity index (χ3n) is 5.30. The number of ether oxygens (including phenoxy) is 1. The molecule has 0 fully saturated rings. The summed E-state index contributed by atoms with van der Waals surface area (Å²) in [4.78, 5) is 23.5. The van der Waals surface area contributed by atoms with Gasteiger partial charge in [-0.2, -0.15) is 5.10 Å². The third kappa shape index (κ3) is 3.88. The molecular formula is C24H21N3O4. The molecule has 1 heterocycles. The van der Waals surface area contributed by atoms with Crippen LogP contribution < -0.4 is 5.32 Å². The standard InChI is InChI=1S/C24H21N3O4/c1-15-16(22(23(28)29)27(2)26-15)12-7-13-25-24(30)31-14-21-19-10-5-3-8-17(19)18-9-4-6-11-20(18)21/h3-6,8-11,21H,13-14H2,1-2H3,(H,25,30)(H,28,29). The Bertz CT molecular complexity index is 1190. The first-order valence-corrected chi connectivity index (χ1v) is 9.82. The zero-order valence-electron chi connectivity index (χ0n) is 17.2. The molecule has 0 saturated heterocycles. The lowest BCUT2D eigenvalue weighted by molar-refractivity contribution is 0.0684. The van der Waals surface area contributed by atoms with Crippen molar-refractivity contribution in [3.63, 3.8) is 0 Å². The summed E-state index contributed by atoms with van der Waals surface area (Å²) in [5.74, 6) is 4.43. The second-order valence-electron chi connectivity index (χ2n) is 7.22. The second-order valence-corrected chi connectivity index (χ2v) is 7.22. The van der Waals surface area contributed by atoms with E-state index in [1.165, 1.54) is 15.8 Å². The van der Waals surface area contributed by atoms with Crippen molar-refractivity contribution in [2.75, 3.05) is 13.2 Å². The van der Waals surface area contributed by atoms with Gasteiger partial charge in [0.05, 0.1) is 17.8 Å². The Hall–Kier alpha value is -4.05. The van der Waals surface area contributed by atoms with Crippen LogP contribution >= 0.6 is 0 Å². The van der Waals surface area contributed by atoms with Crippen LogP contribution in [-0.4, -0.2) is 40.1 Å². The van der Waals surface area contributed by atoms with Crippen molar-refractivity contribution in [1.82, 2.24) is 15.1 Å². The van der Waals surface area contributed by atoms with Gasteiger partial charge in [-0.05, 0) is 29.2 Å². The van der Waals surface area contributed by atoms with Gasteiger partial charge in [0.2, 0.25) is 0 Å². The summed E-state index contributed by atoms with van der Waals surface area (Å²) in [6.07, 6.45) is -0.572. The number of hydrogen-bond donors (Lipinski definition) is 2. The van der Waals surface area contributed by atoms with Crippen LogP contribution in [0.1, 0.15) is 38.8 Å². The van der Waals surface area contributed by atoms with Crippen molar-refractivity contribution < 1.29 is 19.4 Å².